The quantitative estimate of drug-likeness (QED) is 0.588. The summed E-state index contributed by atoms with van der Waals surface area (Å²) in [7, 11) is -3.19. The number of carbonyl (C=O) groups excluding carboxylic acids is 1. The van der Waals surface area contributed by atoms with Crippen molar-refractivity contribution in [1.82, 2.24) is 9.62 Å². The maximum atomic E-state index is 10.8. The molecule has 0 saturated carbocycles. The summed E-state index contributed by atoms with van der Waals surface area (Å²) >= 11 is 0. The van der Waals surface area contributed by atoms with Crippen molar-refractivity contribution in [3.63, 3.8) is 0 Å². The minimum Gasteiger partial charge on any atom is -0.351 e. The van der Waals surface area contributed by atoms with Crippen LogP contribution in [0.5, 0.6) is 0 Å². The average Bonchev–Trinajstić information content (AvgIpc) is 2.31. The predicted molar refractivity (Wildman–Crippen MR) is 47.5 cm³/mol. The lowest BCUT2D eigenvalue weighted by Gasteiger charge is -2.13. The van der Waals surface area contributed by atoms with Gasteiger partial charge in [0.25, 0.3) is 0 Å². The molecule has 1 heterocycles. The van der Waals surface area contributed by atoms with Gasteiger partial charge in [-0.15, -0.1) is 0 Å². The molecule has 0 bridgehead atoms. The number of primary amides is 1. The molecule has 3 N–H and O–H groups in total. The normalized spacial score (nSPS) is 23.5. The molecule has 6 nitrogen and oxygen atoms in total. The van der Waals surface area contributed by atoms with Gasteiger partial charge in [-0.1, -0.05) is 0 Å². The van der Waals surface area contributed by atoms with Crippen LogP contribution < -0.4 is 10.5 Å². The highest BCUT2D eigenvalue weighted by Crippen LogP contribution is 2.08. The van der Waals surface area contributed by atoms with Crippen molar-refractivity contribution in [2.24, 2.45) is 5.73 Å². The van der Waals surface area contributed by atoms with Crippen molar-refractivity contribution in [1.29, 1.82) is 0 Å². The van der Waals surface area contributed by atoms with E-state index in [-0.39, 0.29) is 6.04 Å². The Morgan fingerprint density at radius 1 is 1.62 bits per heavy atom. The molecule has 1 fully saturated rings. The highest BCUT2D eigenvalue weighted by molar-refractivity contribution is 7.88. The first-order valence-corrected chi connectivity index (χ1v) is 5.79. The molecule has 7 heteroatoms. The van der Waals surface area contributed by atoms with Gasteiger partial charge in [-0.2, -0.15) is 0 Å². The molecule has 2 amide bonds. The number of hydrogen-bond acceptors (Lipinski definition) is 3. The average molecular weight is 207 g/mol. The van der Waals surface area contributed by atoms with Gasteiger partial charge >= 0.3 is 6.03 Å². The molecule has 1 saturated heterocycles. The van der Waals surface area contributed by atoms with E-state index in [2.05, 4.69) is 4.72 Å². The Labute approximate surface area is 77.1 Å². The van der Waals surface area contributed by atoms with Crippen molar-refractivity contribution in [2.75, 3.05) is 19.3 Å². The molecular formula is C6H13N3O3S. The van der Waals surface area contributed by atoms with Crippen molar-refractivity contribution in [3.05, 3.63) is 0 Å². The summed E-state index contributed by atoms with van der Waals surface area (Å²) in [6.07, 6.45) is 1.72. The van der Waals surface area contributed by atoms with Crippen LogP contribution in [-0.2, 0) is 10.0 Å². The Bertz CT molecular complexity index is 300. The summed E-state index contributed by atoms with van der Waals surface area (Å²) in [5.41, 5.74) is 5.03. The number of amides is 2. The number of nitrogens with one attached hydrogen (secondary N) is 1. The number of rotatable bonds is 2. The molecule has 1 aliphatic heterocycles. The lowest BCUT2D eigenvalue weighted by atomic mass is 10.3. The maximum absolute atomic E-state index is 10.8. The van der Waals surface area contributed by atoms with E-state index in [4.69, 9.17) is 5.73 Å². The van der Waals surface area contributed by atoms with Gasteiger partial charge in [0.05, 0.1) is 6.26 Å². The number of nitrogens with zero attached hydrogens (tertiary/aromatic N) is 1. The topological polar surface area (TPSA) is 92.5 Å². The lowest BCUT2D eigenvalue weighted by Crippen LogP contribution is -2.39. The van der Waals surface area contributed by atoms with Crippen molar-refractivity contribution < 1.29 is 13.2 Å². The second-order valence-electron chi connectivity index (χ2n) is 3.16. The van der Waals surface area contributed by atoms with Crippen LogP contribution in [0.2, 0.25) is 0 Å². The minimum atomic E-state index is -3.19. The molecule has 1 rings (SSSR count). The third kappa shape index (κ3) is 3.19. The Hall–Kier alpha value is -0.820. The van der Waals surface area contributed by atoms with E-state index in [0.29, 0.717) is 19.5 Å². The Morgan fingerprint density at radius 3 is 2.62 bits per heavy atom. The molecular weight excluding hydrogens is 194 g/mol. The molecule has 0 aromatic carbocycles. The molecule has 76 valence electrons. The molecule has 0 radical (unpaired) electrons. The molecule has 0 aromatic rings. The fraction of sp³-hybridized carbons (Fsp3) is 0.833. The highest BCUT2D eigenvalue weighted by Gasteiger charge is 2.26. The van der Waals surface area contributed by atoms with Crippen LogP contribution in [0.25, 0.3) is 0 Å². The number of likely N-dealkylation sites (tertiary alicyclic amines) is 1. The largest absolute Gasteiger partial charge is 0.351 e. The van der Waals surface area contributed by atoms with E-state index in [1.807, 2.05) is 0 Å². The van der Waals surface area contributed by atoms with Crippen LogP contribution >= 0.6 is 0 Å². The molecule has 13 heavy (non-hydrogen) atoms. The van der Waals surface area contributed by atoms with Gasteiger partial charge in [0, 0.05) is 19.1 Å². The second-order valence-corrected chi connectivity index (χ2v) is 4.94. The van der Waals surface area contributed by atoms with Crippen molar-refractivity contribution in [2.45, 2.75) is 12.5 Å². The highest BCUT2D eigenvalue weighted by atomic mass is 32.2. The Balaban J connectivity index is 2.47. The van der Waals surface area contributed by atoms with Crippen LogP contribution in [-0.4, -0.2) is 44.7 Å². The summed E-state index contributed by atoms with van der Waals surface area (Å²) in [5.74, 6) is 0. The molecule has 0 aliphatic carbocycles. The Morgan fingerprint density at radius 2 is 2.23 bits per heavy atom. The third-order valence-electron chi connectivity index (χ3n) is 1.88. The number of carbonyl (C=O) groups is 1. The van der Waals surface area contributed by atoms with E-state index < -0.39 is 16.1 Å². The van der Waals surface area contributed by atoms with Crippen LogP contribution in [0, 0.1) is 0 Å². The fourth-order valence-electron chi connectivity index (χ4n) is 1.36. The standard InChI is InChI=1S/C6H13N3O3S/c1-13(11,12)8-5-2-3-9(4-5)6(7)10/h5,8H,2-4H2,1H3,(H2,7,10). The van der Waals surface area contributed by atoms with Crippen LogP contribution in [0.15, 0.2) is 0 Å². The summed E-state index contributed by atoms with van der Waals surface area (Å²) < 4.78 is 24.1. The molecule has 1 aliphatic rings. The first-order chi connectivity index (χ1) is 5.88. The van der Waals surface area contributed by atoms with Crippen LogP contribution in [0.3, 0.4) is 0 Å². The van der Waals surface area contributed by atoms with Crippen LogP contribution in [0.1, 0.15) is 6.42 Å². The predicted octanol–water partition coefficient (Wildman–Crippen LogP) is -1.31. The monoisotopic (exact) mass is 207 g/mol. The summed E-state index contributed by atoms with van der Waals surface area (Å²) in [5, 5.41) is 0. The van der Waals surface area contributed by atoms with Gasteiger partial charge in [-0.05, 0) is 6.42 Å². The zero-order chi connectivity index (χ0) is 10.1. The van der Waals surface area contributed by atoms with E-state index in [0.717, 1.165) is 6.26 Å². The van der Waals surface area contributed by atoms with Gasteiger partial charge in [0.15, 0.2) is 0 Å². The zero-order valence-electron chi connectivity index (χ0n) is 7.36. The van der Waals surface area contributed by atoms with E-state index >= 15 is 0 Å². The second kappa shape index (κ2) is 3.51. The number of nitrogens with two attached hydrogens (primary N) is 1. The lowest BCUT2D eigenvalue weighted by molar-refractivity contribution is 0.217. The zero-order valence-corrected chi connectivity index (χ0v) is 8.17. The van der Waals surface area contributed by atoms with E-state index in [1.165, 1.54) is 4.90 Å². The molecule has 1 atom stereocenters. The van der Waals surface area contributed by atoms with Gasteiger partial charge < -0.3 is 10.6 Å². The van der Waals surface area contributed by atoms with E-state index in [1.54, 1.807) is 0 Å². The number of sulfonamides is 1. The van der Waals surface area contributed by atoms with Gasteiger partial charge in [-0.25, -0.2) is 17.9 Å². The smallest absolute Gasteiger partial charge is 0.314 e. The molecule has 0 aromatic heterocycles. The first kappa shape index (κ1) is 10.3. The number of urea groups is 1. The Kier molecular flexibility index (Phi) is 2.77. The first-order valence-electron chi connectivity index (χ1n) is 3.90. The van der Waals surface area contributed by atoms with Gasteiger partial charge in [-0.3, -0.25) is 0 Å². The summed E-state index contributed by atoms with van der Waals surface area (Å²) in [4.78, 5) is 12.1. The summed E-state index contributed by atoms with van der Waals surface area (Å²) in [6.45, 7) is 0.880. The minimum absolute atomic E-state index is 0.192. The molecule has 0 spiro atoms. The molecule has 1 unspecified atom stereocenters. The van der Waals surface area contributed by atoms with Crippen molar-refractivity contribution >= 4 is 16.1 Å². The fourth-order valence-corrected chi connectivity index (χ4v) is 2.16. The van der Waals surface area contributed by atoms with Gasteiger partial charge in [0.1, 0.15) is 0 Å². The maximum Gasteiger partial charge on any atom is 0.314 e. The SMILES string of the molecule is CS(=O)(=O)NC1CCN(C(N)=O)C1. The van der Waals surface area contributed by atoms with Gasteiger partial charge in [0.2, 0.25) is 10.0 Å². The van der Waals surface area contributed by atoms with E-state index in [9.17, 15) is 13.2 Å². The summed E-state index contributed by atoms with van der Waals surface area (Å²) in [6, 6.07) is -0.694. The van der Waals surface area contributed by atoms with Crippen molar-refractivity contribution in [3.8, 4) is 0 Å². The van der Waals surface area contributed by atoms with Crippen LogP contribution in [0.4, 0.5) is 4.79 Å². The number of hydrogen-bond donors (Lipinski definition) is 2. The third-order valence-corrected chi connectivity index (χ3v) is 2.64.